The van der Waals surface area contributed by atoms with Gasteiger partial charge >= 0.3 is 5.97 Å². The Morgan fingerprint density at radius 3 is 1.69 bits per heavy atom. The lowest BCUT2D eigenvalue weighted by atomic mass is 9.92. The fourth-order valence-corrected chi connectivity index (χ4v) is 3.92. The number of ether oxygens (including phenoxy) is 1. The third-order valence-corrected chi connectivity index (χ3v) is 5.41. The molecule has 4 aromatic carbocycles. The van der Waals surface area contributed by atoms with E-state index in [9.17, 15) is 4.79 Å². The van der Waals surface area contributed by atoms with E-state index in [0.29, 0.717) is 6.42 Å². The number of H-pyrrole nitrogens is 1. The minimum atomic E-state index is -0.429. The zero-order valence-electron chi connectivity index (χ0n) is 18.2. The fourth-order valence-electron chi connectivity index (χ4n) is 3.92. The number of carbonyl (C=O) groups excluding carboxylic acids is 1. The zero-order chi connectivity index (χ0) is 22.2. The number of fused-ring (bicyclic) bond motifs is 2. The number of esters is 1. The molecule has 0 spiro atoms. The Kier molecular flexibility index (Phi) is 6.98. The molecule has 0 aliphatic rings. The van der Waals surface area contributed by atoms with Crippen molar-refractivity contribution in [3.63, 3.8) is 0 Å². The number of benzene rings is 4. The SMILES string of the molecule is CCCC(=O)OC(c1cccc2ccccc12)c1cccc2ccccc12.c1cc[nH]c1. The predicted octanol–water partition coefficient (Wildman–Crippen LogP) is 7.44. The van der Waals surface area contributed by atoms with E-state index in [4.69, 9.17) is 4.74 Å². The van der Waals surface area contributed by atoms with Gasteiger partial charge in [0.25, 0.3) is 0 Å². The van der Waals surface area contributed by atoms with Gasteiger partial charge in [0.05, 0.1) is 0 Å². The summed E-state index contributed by atoms with van der Waals surface area (Å²) in [5, 5.41) is 4.52. The molecule has 0 saturated carbocycles. The number of rotatable bonds is 5. The molecule has 5 rings (SSSR count). The number of hydrogen-bond donors (Lipinski definition) is 1. The van der Waals surface area contributed by atoms with Gasteiger partial charge in [0, 0.05) is 29.9 Å². The molecule has 5 aromatic rings. The molecule has 0 aliphatic heterocycles. The van der Waals surface area contributed by atoms with Crippen molar-refractivity contribution in [2.24, 2.45) is 0 Å². The molecular weight excluding hydrogens is 394 g/mol. The lowest BCUT2D eigenvalue weighted by Gasteiger charge is -2.22. The first-order chi connectivity index (χ1) is 15.8. The summed E-state index contributed by atoms with van der Waals surface area (Å²) < 4.78 is 6.04. The van der Waals surface area contributed by atoms with Crippen LogP contribution in [-0.2, 0) is 9.53 Å². The Bertz CT molecular complexity index is 1180. The Morgan fingerprint density at radius 1 is 0.719 bits per heavy atom. The number of nitrogens with one attached hydrogen (secondary N) is 1. The minimum absolute atomic E-state index is 0.164. The molecule has 0 saturated heterocycles. The first-order valence-electron chi connectivity index (χ1n) is 11.0. The van der Waals surface area contributed by atoms with Crippen LogP contribution in [0.1, 0.15) is 37.0 Å². The van der Waals surface area contributed by atoms with Crippen LogP contribution in [0.5, 0.6) is 0 Å². The van der Waals surface area contributed by atoms with E-state index in [1.165, 1.54) is 0 Å². The molecule has 1 heterocycles. The van der Waals surface area contributed by atoms with Crippen molar-refractivity contribution in [1.29, 1.82) is 0 Å². The van der Waals surface area contributed by atoms with E-state index in [2.05, 4.69) is 53.5 Å². The summed E-state index contributed by atoms with van der Waals surface area (Å²) in [5.74, 6) is -0.164. The molecule has 0 radical (unpaired) electrons. The maximum atomic E-state index is 12.5. The van der Waals surface area contributed by atoms with Crippen molar-refractivity contribution in [1.82, 2.24) is 4.98 Å². The molecule has 0 bridgehead atoms. The Hall–Kier alpha value is -3.85. The van der Waals surface area contributed by atoms with Gasteiger partial charge < -0.3 is 9.72 Å². The molecule has 0 aliphatic carbocycles. The molecule has 0 amide bonds. The highest BCUT2D eigenvalue weighted by Gasteiger charge is 2.22. The standard InChI is InChI=1S/C25H22O2.C4H5N/c1-2-9-24(26)27-25(22-16-7-12-18-10-3-5-14-20(18)22)23-17-8-13-19-11-4-6-15-21(19)23;1-2-4-5-3-1/h3-8,10-17,25H,2,9H2,1H3;1-5H. The lowest BCUT2D eigenvalue weighted by Crippen LogP contribution is -2.13. The second kappa shape index (κ2) is 10.5. The summed E-state index contributed by atoms with van der Waals surface area (Å²) in [4.78, 5) is 15.3. The predicted molar refractivity (Wildman–Crippen MR) is 132 cm³/mol. The molecule has 160 valence electrons. The largest absolute Gasteiger partial charge is 0.452 e. The molecule has 1 N–H and O–H groups in total. The fraction of sp³-hybridized carbons (Fsp3) is 0.138. The molecule has 3 heteroatoms. The number of aromatic nitrogens is 1. The topological polar surface area (TPSA) is 42.1 Å². The third kappa shape index (κ3) is 4.89. The van der Waals surface area contributed by atoms with Crippen molar-refractivity contribution in [2.45, 2.75) is 25.9 Å². The zero-order valence-corrected chi connectivity index (χ0v) is 18.2. The highest BCUT2D eigenvalue weighted by Crippen LogP contribution is 2.35. The Morgan fingerprint density at radius 2 is 1.22 bits per heavy atom. The van der Waals surface area contributed by atoms with Crippen LogP contribution in [-0.4, -0.2) is 11.0 Å². The smallest absolute Gasteiger partial charge is 0.306 e. The highest BCUT2D eigenvalue weighted by molar-refractivity contribution is 5.90. The second-order valence-electron chi connectivity index (χ2n) is 7.64. The van der Waals surface area contributed by atoms with Gasteiger partial charge in [-0.3, -0.25) is 4.79 Å². The Balaban J connectivity index is 0.000000433. The van der Waals surface area contributed by atoms with Crippen LogP contribution in [0.25, 0.3) is 21.5 Å². The van der Waals surface area contributed by atoms with Crippen molar-refractivity contribution in [3.8, 4) is 0 Å². The monoisotopic (exact) mass is 421 g/mol. The van der Waals surface area contributed by atoms with Crippen LogP contribution >= 0.6 is 0 Å². The number of aromatic amines is 1. The van der Waals surface area contributed by atoms with E-state index in [0.717, 1.165) is 39.1 Å². The van der Waals surface area contributed by atoms with Crippen molar-refractivity contribution < 1.29 is 9.53 Å². The number of carbonyl (C=O) groups is 1. The molecule has 0 unspecified atom stereocenters. The first kappa shape index (κ1) is 21.4. The third-order valence-electron chi connectivity index (χ3n) is 5.41. The van der Waals surface area contributed by atoms with E-state index in [-0.39, 0.29) is 5.97 Å². The van der Waals surface area contributed by atoms with E-state index in [1.807, 2.05) is 67.8 Å². The van der Waals surface area contributed by atoms with Crippen LogP contribution in [0.4, 0.5) is 0 Å². The summed E-state index contributed by atoms with van der Waals surface area (Å²) in [5.41, 5.74) is 2.04. The van der Waals surface area contributed by atoms with Crippen LogP contribution in [0.2, 0.25) is 0 Å². The van der Waals surface area contributed by atoms with E-state index >= 15 is 0 Å². The van der Waals surface area contributed by atoms with Crippen LogP contribution in [0.15, 0.2) is 109 Å². The van der Waals surface area contributed by atoms with Crippen molar-refractivity contribution in [3.05, 3.63) is 121 Å². The van der Waals surface area contributed by atoms with Gasteiger partial charge in [0.2, 0.25) is 0 Å². The van der Waals surface area contributed by atoms with Crippen LogP contribution < -0.4 is 0 Å². The van der Waals surface area contributed by atoms with Gasteiger partial charge in [-0.1, -0.05) is 91.9 Å². The Labute approximate surface area is 188 Å². The van der Waals surface area contributed by atoms with Gasteiger partial charge in [-0.2, -0.15) is 0 Å². The van der Waals surface area contributed by atoms with Gasteiger partial charge in [0.1, 0.15) is 0 Å². The van der Waals surface area contributed by atoms with Crippen LogP contribution in [0, 0.1) is 0 Å². The molecule has 32 heavy (non-hydrogen) atoms. The van der Waals surface area contributed by atoms with Gasteiger partial charge in [-0.05, 0) is 40.1 Å². The normalized spacial score (nSPS) is 10.7. The summed E-state index contributed by atoms with van der Waals surface area (Å²) in [6.45, 7) is 1.99. The molecule has 1 aromatic heterocycles. The number of hydrogen-bond acceptors (Lipinski definition) is 2. The summed E-state index contributed by atoms with van der Waals surface area (Å²) in [6.07, 6.45) is 4.52. The second-order valence-corrected chi connectivity index (χ2v) is 7.64. The van der Waals surface area contributed by atoms with Crippen molar-refractivity contribution in [2.75, 3.05) is 0 Å². The summed E-state index contributed by atoms with van der Waals surface area (Å²) in [6, 6.07) is 32.7. The van der Waals surface area contributed by atoms with E-state index < -0.39 is 6.10 Å². The molecule has 3 nitrogen and oxygen atoms in total. The molecular formula is C29H27NO2. The summed E-state index contributed by atoms with van der Waals surface area (Å²) in [7, 11) is 0. The maximum Gasteiger partial charge on any atom is 0.306 e. The van der Waals surface area contributed by atoms with Crippen molar-refractivity contribution >= 4 is 27.5 Å². The van der Waals surface area contributed by atoms with Gasteiger partial charge in [-0.25, -0.2) is 0 Å². The first-order valence-corrected chi connectivity index (χ1v) is 11.0. The quantitative estimate of drug-likeness (QED) is 0.300. The molecule has 0 fully saturated rings. The average Bonchev–Trinajstić information content (AvgIpc) is 3.43. The lowest BCUT2D eigenvalue weighted by molar-refractivity contribution is -0.147. The van der Waals surface area contributed by atoms with Crippen LogP contribution in [0.3, 0.4) is 0 Å². The van der Waals surface area contributed by atoms with E-state index in [1.54, 1.807) is 0 Å². The minimum Gasteiger partial charge on any atom is -0.452 e. The highest BCUT2D eigenvalue weighted by atomic mass is 16.5. The van der Waals surface area contributed by atoms with Gasteiger partial charge in [-0.15, -0.1) is 0 Å². The summed E-state index contributed by atoms with van der Waals surface area (Å²) >= 11 is 0. The molecule has 0 atom stereocenters. The average molecular weight is 422 g/mol. The van der Waals surface area contributed by atoms with Gasteiger partial charge in [0.15, 0.2) is 6.10 Å². The maximum absolute atomic E-state index is 12.5.